The third-order valence-corrected chi connectivity index (χ3v) is 3.29. The molecule has 2 atom stereocenters. The third kappa shape index (κ3) is 4.40. The molecule has 0 unspecified atom stereocenters. The van der Waals surface area contributed by atoms with E-state index in [9.17, 15) is 27.8 Å². The van der Waals surface area contributed by atoms with E-state index in [0.717, 1.165) is 24.3 Å². The third-order valence-electron chi connectivity index (χ3n) is 3.29. The number of halogens is 4. The van der Waals surface area contributed by atoms with Crippen LogP contribution in [0.3, 0.4) is 0 Å². The molecule has 0 amide bonds. The van der Waals surface area contributed by atoms with Crippen LogP contribution in [0.2, 0.25) is 0 Å². The molecule has 0 heterocycles. The highest BCUT2D eigenvalue weighted by molar-refractivity contribution is 5.24. The van der Waals surface area contributed by atoms with Gasteiger partial charge < -0.3 is 10.2 Å². The fourth-order valence-corrected chi connectivity index (χ4v) is 2.00. The van der Waals surface area contributed by atoms with E-state index in [4.69, 9.17) is 0 Å². The van der Waals surface area contributed by atoms with Gasteiger partial charge in [-0.05, 0) is 41.8 Å². The summed E-state index contributed by atoms with van der Waals surface area (Å²) < 4.78 is 51.7. The Labute approximate surface area is 130 Å². The number of hydrogen-bond donors (Lipinski definition) is 2. The molecule has 0 saturated carbocycles. The maximum atomic E-state index is 13.1. The van der Waals surface area contributed by atoms with Gasteiger partial charge in [0.15, 0.2) is 23.3 Å². The van der Waals surface area contributed by atoms with Crippen molar-refractivity contribution in [3.05, 3.63) is 82.9 Å². The second-order valence-electron chi connectivity index (χ2n) is 4.97. The second kappa shape index (κ2) is 7.39. The average Bonchev–Trinajstić information content (AvgIpc) is 2.52. The van der Waals surface area contributed by atoms with Crippen molar-refractivity contribution in [2.75, 3.05) is 0 Å². The number of hydrogen-bond acceptors (Lipinski definition) is 2. The summed E-state index contributed by atoms with van der Waals surface area (Å²) in [6, 6.07) is 6.06. The number of rotatable bonds is 5. The maximum absolute atomic E-state index is 13.1. The highest BCUT2D eigenvalue weighted by Crippen LogP contribution is 2.21. The molecule has 0 aliphatic carbocycles. The van der Waals surface area contributed by atoms with Crippen LogP contribution < -0.4 is 0 Å². The quantitative estimate of drug-likeness (QED) is 0.645. The van der Waals surface area contributed by atoms with Gasteiger partial charge in [-0.1, -0.05) is 24.3 Å². The lowest BCUT2D eigenvalue weighted by Gasteiger charge is -2.10. The molecule has 0 fully saturated rings. The SMILES string of the molecule is O[C@H](/C=C\C[C@H](O)c1ccc(F)c(F)c1)c1ccc(F)c(F)c1. The molecule has 2 aromatic carbocycles. The van der Waals surface area contributed by atoms with Gasteiger partial charge in [-0.25, -0.2) is 17.6 Å². The number of aliphatic hydroxyl groups is 2. The van der Waals surface area contributed by atoms with Gasteiger partial charge in [-0.3, -0.25) is 0 Å². The molecule has 0 radical (unpaired) electrons. The van der Waals surface area contributed by atoms with Gasteiger partial charge in [-0.15, -0.1) is 0 Å². The molecule has 0 aliphatic heterocycles. The van der Waals surface area contributed by atoms with E-state index in [-0.39, 0.29) is 17.5 Å². The molecular weight excluding hydrogens is 312 g/mol. The van der Waals surface area contributed by atoms with Crippen molar-refractivity contribution in [2.24, 2.45) is 0 Å². The first-order valence-electron chi connectivity index (χ1n) is 6.81. The largest absolute Gasteiger partial charge is 0.388 e. The van der Waals surface area contributed by atoms with E-state index >= 15 is 0 Å². The molecular formula is C17H14F4O2. The van der Waals surface area contributed by atoms with E-state index < -0.39 is 35.5 Å². The topological polar surface area (TPSA) is 40.5 Å². The summed E-state index contributed by atoms with van der Waals surface area (Å²) in [5, 5.41) is 19.7. The molecule has 2 N–H and O–H groups in total. The zero-order chi connectivity index (χ0) is 17.0. The first kappa shape index (κ1) is 17.2. The number of benzene rings is 2. The lowest BCUT2D eigenvalue weighted by atomic mass is 10.0. The molecule has 6 heteroatoms. The molecule has 2 aromatic rings. The average molecular weight is 326 g/mol. The van der Waals surface area contributed by atoms with Gasteiger partial charge in [0.2, 0.25) is 0 Å². The summed E-state index contributed by atoms with van der Waals surface area (Å²) in [6.07, 6.45) is 0.472. The summed E-state index contributed by atoms with van der Waals surface area (Å²) in [5.41, 5.74) is 0.346. The van der Waals surface area contributed by atoms with E-state index in [0.29, 0.717) is 0 Å². The Balaban J connectivity index is 1.99. The van der Waals surface area contributed by atoms with Crippen molar-refractivity contribution in [3.63, 3.8) is 0 Å². The summed E-state index contributed by atoms with van der Waals surface area (Å²) in [6.45, 7) is 0. The summed E-state index contributed by atoms with van der Waals surface area (Å²) >= 11 is 0. The van der Waals surface area contributed by atoms with Crippen molar-refractivity contribution in [1.82, 2.24) is 0 Å². The molecule has 0 aromatic heterocycles. The highest BCUT2D eigenvalue weighted by atomic mass is 19.2. The fourth-order valence-electron chi connectivity index (χ4n) is 2.00. The van der Waals surface area contributed by atoms with Crippen LogP contribution in [-0.4, -0.2) is 10.2 Å². The Morgan fingerprint density at radius 3 is 1.87 bits per heavy atom. The van der Waals surface area contributed by atoms with Gasteiger partial charge in [0.25, 0.3) is 0 Å². The van der Waals surface area contributed by atoms with E-state index in [1.54, 1.807) is 0 Å². The Morgan fingerprint density at radius 2 is 1.30 bits per heavy atom. The molecule has 0 aliphatic rings. The van der Waals surface area contributed by atoms with Crippen molar-refractivity contribution in [3.8, 4) is 0 Å². The van der Waals surface area contributed by atoms with Crippen molar-refractivity contribution in [2.45, 2.75) is 18.6 Å². The van der Waals surface area contributed by atoms with Gasteiger partial charge in [0, 0.05) is 0 Å². The van der Waals surface area contributed by atoms with Gasteiger partial charge in [0.05, 0.1) is 12.2 Å². The van der Waals surface area contributed by atoms with E-state index in [2.05, 4.69) is 0 Å². The van der Waals surface area contributed by atoms with Crippen LogP contribution in [0.1, 0.15) is 29.8 Å². The van der Waals surface area contributed by atoms with Gasteiger partial charge in [0.1, 0.15) is 0 Å². The fraction of sp³-hybridized carbons (Fsp3) is 0.176. The minimum atomic E-state index is -1.18. The van der Waals surface area contributed by atoms with Crippen LogP contribution in [0.15, 0.2) is 48.6 Å². The summed E-state index contributed by atoms with van der Waals surface area (Å²) in [5.74, 6) is -4.16. The van der Waals surface area contributed by atoms with Crippen LogP contribution in [0, 0.1) is 23.3 Å². The molecule has 2 rings (SSSR count). The van der Waals surface area contributed by atoms with Crippen molar-refractivity contribution >= 4 is 0 Å². The zero-order valence-electron chi connectivity index (χ0n) is 11.9. The first-order chi connectivity index (χ1) is 10.9. The molecule has 0 spiro atoms. The first-order valence-corrected chi connectivity index (χ1v) is 6.81. The maximum Gasteiger partial charge on any atom is 0.159 e. The Hall–Kier alpha value is -2.18. The van der Waals surface area contributed by atoms with Crippen molar-refractivity contribution in [1.29, 1.82) is 0 Å². The van der Waals surface area contributed by atoms with Gasteiger partial charge in [-0.2, -0.15) is 0 Å². The zero-order valence-corrected chi connectivity index (χ0v) is 11.9. The van der Waals surface area contributed by atoms with Crippen molar-refractivity contribution < 1.29 is 27.8 Å². The minimum absolute atomic E-state index is 0.0335. The van der Waals surface area contributed by atoms with Crippen LogP contribution in [0.25, 0.3) is 0 Å². The highest BCUT2D eigenvalue weighted by Gasteiger charge is 2.11. The number of aliphatic hydroxyl groups excluding tert-OH is 2. The van der Waals surface area contributed by atoms with Crippen LogP contribution >= 0.6 is 0 Å². The minimum Gasteiger partial charge on any atom is -0.388 e. The summed E-state index contributed by atoms with van der Waals surface area (Å²) in [4.78, 5) is 0. The van der Waals surface area contributed by atoms with Crippen LogP contribution in [-0.2, 0) is 0 Å². The standard InChI is InChI=1S/C17H14F4O2/c18-12-6-4-10(8-14(12)20)16(22)2-1-3-17(23)11-5-7-13(19)15(21)9-11/h1-2,4-9,16-17,22-23H,3H2/b2-1-/t16-,17+/m1/s1. The lowest BCUT2D eigenvalue weighted by molar-refractivity contribution is 0.179. The molecule has 23 heavy (non-hydrogen) atoms. The molecule has 2 nitrogen and oxygen atoms in total. The lowest BCUT2D eigenvalue weighted by Crippen LogP contribution is -1.99. The van der Waals surface area contributed by atoms with Gasteiger partial charge >= 0.3 is 0 Å². The Morgan fingerprint density at radius 1 is 0.783 bits per heavy atom. The van der Waals surface area contributed by atoms with Crippen LogP contribution in [0.5, 0.6) is 0 Å². The van der Waals surface area contributed by atoms with E-state index in [1.165, 1.54) is 24.3 Å². The smallest absolute Gasteiger partial charge is 0.159 e. The normalized spacial score (nSPS) is 14.2. The monoisotopic (exact) mass is 326 g/mol. The Bertz CT molecular complexity index is 716. The predicted octanol–water partition coefficient (Wildman–Crippen LogP) is 3.96. The molecule has 0 saturated heterocycles. The molecule has 122 valence electrons. The summed E-state index contributed by atoms with van der Waals surface area (Å²) in [7, 11) is 0. The predicted molar refractivity (Wildman–Crippen MR) is 76.4 cm³/mol. The second-order valence-corrected chi connectivity index (χ2v) is 4.97. The van der Waals surface area contributed by atoms with Crippen LogP contribution in [0.4, 0.5) is 17.6 Å². The van der Waals surface area contributed by atoms with E-state index in [1.807, 2.05) is 0 Å². The Kier molecular flexibility index (Phi) is 5.52. The molecule has 0 bridgehead atoms.